The molecule has 0 saturated carbocycles. The molecule has 1 N–H and O–H groups in total. The van der Waals surface area contributed by atoms with Crippen LogP contribution in [0.25, 0.3) is 0 Å². The van der Waals surface area contributed by atoms with Gasteiger partial charge in [-0.05, 0) is 44.0 Å². The molecule has 0 spiro atoms. The van der Waals surface area contributed by atoms with Crippen LogP contribution in [0.4, 0.5) is 0 Å². The van der Waals surface area contributed by atoms with Crippen LogP contribution in [0.3, 0.4) is 0 Å². The van der Waals surface area contributed by atoms with E-state index in [1.165, 1.54) is 17.5 Å². The number of hydrogen-bond acceptors (Lipinski definition) is 2. The monoisotopic (exact) mass is 262 g/mol. The third kappa shape index (κ3) is 6.22. The molecule has 0 aliphatic carbocycles. The minimum absolute atomic E-state index is 0.569. The maximum Gasteiger partial charge on any atom is 0.0211 e. The van der Waals surface area contributed by atoms with Crippen LogP contribution >= 0.6 is 0 Å². The molecule has 1 atom stereocenters. The molecule has 1 unspecified atom stereocenters. The van der Waals surface area contributed by atoms with E-state index in [9.17, 15) is 0 Å². The van der Waals surface area contributed by atoms with Gasteiger partial charge in [-0.25, -0.2) is 0 Å². The van der Waals surface area contributed by atoms with E-state index >= 15 is 0 Å². The largest absolute Gasteiger partial charge is 0.309 e. The van der Waals surface area contributed by atoms with E-state index in [2.05, 4.69) is 69.3 Å². The zero-order valence-corrected chi connectivity index (χ0v) is 13.2. The Kier molecular flexibility index (Phi) is 7.11. The summed E-state index contributed by atoms with van der Waals surface area (Å²) in [5.74, 6) is 0.735. The lowest BCUT2D eigenvalue weighted by Crippen LogP contribution is -2.39. The number of benzene rings is 1. The summed E-state index contributed by atoms with van der Waals surface area (Å²) in [5.41, 5.74) is 2.90. The fraction of sp³-hybridized carbons (Fsp3) is 0.647. The van der Waals surface area contributed by atoms with Crippen LogP contribution < -0.4 is 5.32 Å². The summed E-state index contributed by atoms with van der Waals surface area (Å²) in [6, 6.07) is 9.32. The minimum Gasteiger partial charge on any atom is -0.309 e. The highest BCUT2D eigenvalue weighted by Gasteiger charge is 2.12. The van der Waals surface area contributed by atoms with E-state index in [1.54, 1.807) is 0 Å². The molecule has 0 aliphatic heterocycles. The van der Waals surface area contributed by atoms with Crippen molar-refractivity contribution in [1.29, 1.82) is 0 Å². The number of rotatable bonds is 8. The van der Waals surface area contributed by atoms with Crippen molar-refractivity contribution in [2.24, 2.45) is 5.92 Å². The Morgan fingerprint density at radius 3 is 2.26 bits per heavy atom. The molecule has 0 saturated heterocycles. The maximum absolute atomic E-state index is 3.73. The highest BCUT2D eigenvalue weighted by atomic mass is 15.1. The maximum atomic E-state index is 3.73. The summed E-state index contributed by atoms with van der Waals surface area (Å²) in [5, 5.41) is 3.73. The highest BCUT2D eigenvalue weighted by molar-refractivity contribution is 5.26. The van der Waals surface area contributed by atoms with Gasteiger partial charge in [-0.15, -0.1) is 0 Å². The molecule has 2 heteroatoms. The van der Waals surface area contributed by atoms with E-state index in [0.717, 1.165) is 25.4 Å². The Morgan fingerprint density at radius 2 is 1.74 bits per heavy atom. The predicted molar refractivity (Wildman–Crippen MR) is 84.5 cm³/mol. The zero-order valence-electron chi connectivity index (χ0n) is 13.2. The molecule has 0 aliphatic rings. The second-order valence-corrected chi connectivity index (χ2v) is 6.09. The molecule has 19 heavy (non-hydrogen) atoms. The van der Waals surface area contributed by atoms with Crippen LogP contribution in [0, 0.1) is 5.92 Å². The summed E-state index contributed by atoms with van der Waals surface area (Å²) >= 11 is 0. The number of nitrogens with one attached hydrogen (secondary N) is 1. The van der Waals surface area contributed by atoms with Gasteiger partial charge in [-0.3, -0.25) is 0 Å². The van der Waals surface area contributed by atoms with Gasteiger partial charge in [0.15, 0.2) is 0 Å². The van der Waals surface area contributed by atoms with Gasteiger partial charge < -0.3 is 10.2 Å². The quantitative estimate of drug-likeness (QED) is 0.773. The molecule has 2 nitrogen and oxygen atoms in total. The van der Waals surface area contributed by atoms with Crippen molar-refractivity contribution in [3.8, 4) is 0 Å². The SMILES string of the molecule is CCc1ccccc1CNC(CC(C)C)CN(C)C. The van der Waals surface area contributed by atoms with Crippen molar-refractivity contribution in [2.45, 2.75) is 46.2 Å². The van der Waals surface area contributed by atoms with Gasteiger partial charge in [-0.1, -0.05) is 45.0 Å². The van der Waals surface area contributed by atoms with Crippen LogP contribution in [0.15, 0.2) is 24.3 Å². The third-order valence-corrected chi connectivity index (χ3v) is 3.42. The fourth-order valence-corrected chi connectivity index (χ4v) is 2.56. The van der Waals surface area contributed by atoms with Crippen LogP contribution in [0.1, 0.15) is 38.3 Å². The Balaban J connectivity index is 2.59. The Hall–Kier alpha value is -0.860. The summed E-state index contributed by atoms with van der Waals surface area (Å²) in [6.07, 6.45) is 2.34. The molecule has 0 fully saturated rings. The summed E-state index contributed by atoms with van der Waals surface area (Å²) in [4.78, 5) is 2.27. The first kappa shape index (κ1) is 16.2. The Labute approximate surface area is 119 Å². The predicted octanol–water partition coefficient (Wildman–Crippen LogP) is 3.31. The van der Waals surface area contributed by atoms with Gasteiger partial charge in [0, 0.05) is 19.1 Å². The van der Waals surface area contributed by atoms with Gasteiger partial charge in [0.25, 0.3) is 0 Å². The average Bonchev–Trinajstić information content (AvgIpc) is 2.35. The molecule has 0 aromatic heterocycles. The van der Waals surface area contributed by atoms with Crippen LogP contribution in [-0.2, 0) is 13.0 Å². The fourth-order valence-electron chi connectivity index (χ4n) is 2.56. The normalized spacial score (nSPS) is 13.2. The second kappa shape index (κ2) is 8.34. The van der Waals surface area contributed by atoms with Gasteiger partial charge in [0.05, 0.1) is 0 Å². The molecule has 1 aromatic rings. The van der Waals surface area contributed by atoms with Crippen LogP contribution in [0.2, 0.25) is 0 Å². The van der Waals surface area contributed by atoms with Crippen molar-refractivity contribution in [3.05, 3.63) is 35.4 Å². The molecule has 0 bridgehead atoms. The molecular formula is C17H30N2. The molecule has 0 amide bonds. The standard InChI is InChI=1S/C17H30N2/c1-6-15-9-7-8-10-16(15)12-18-17(11-14(2)3)13-19(4)5/h7-10,14,17-18H,6,11-13H2,1-5H3. The lowest BCUT2D eigenvalue weighted by atomic mass is 10.0. The number of likely N-dealkylation sites (N-methyl/N-ethyl adjacent to an activating group) is 1. The molecule has 0 heterocycles. The number of hydrogen-bond donors (Lipinski definition) is 1. The average molecular weight is 262 g/mol. The van der Waals surface area contributed by atoms with Gasteiger partial charge in [0.2, 0.25) is 0 Å². The molecule has 0 radical (unpaired) electrons. The van der Waals surface area contributed by atoms with E-state index < -0.39 is 0 Å². The summed E-state index contributed by atoms with van der Waals surface area (Å²) in [6.45, 7) is 8.90. The van der Waals surface area contributed by atoms with Crippen molar-refractivity contribution < 1.29 is 0 Å². The minimum atomic E-state index is 0.569. The van der Waals surface area contributed by atoms with Crippen molar-refractivity contribution >= 4 is 0 Å². The number of aryl methyl sites for hydroxylation is 1. The Bertz CT molecular complexity index is 348. The molecule has 1 aromatic carbocycles. The summed E-state index contributed by atoms with van der Waals surface area (Å²) in [7, 11) is 4.30. The smallest absolute Gasteiger partial charge is 0.0211 e. The van der Waals surface area contributed by atoms with Crippen molar-refractivity contribution in [3.63, 3.8) is 0 Å². The van der Waals surface area contributed by atoms with E-state index in [0.29, 0.717) is 6.04 Å². The third-order valence-electron chi connectivity index (χ3n) is 3.42. The zero-order chi connectivity index (χ0) is 14.3. The van der Waals surface area contributed by atoms with Crippen molar-refractivity contribution in [2.75, 3.05) is 20.6 Å². The van der Waals surface area contributed by atoms with E-state index in [-0.39, 0.29) is 0 Å². The first-order valence-corrected chi connectivity index (χ1v) is 7.47. The number of nitrogens with zero attached hydrogens (tertiary/aromatic N) is 1. The van der Waals surface area contributed by atoms with Crippen molar-refractivity contribution in [1.82, 2.24) is 10.2 Å². The second-order valence-electron chi connectivity index (χ2n) is 6.09. The Morgan fingerprint density at radius 1 is 1.11 bits per heavy atom. The first-order valence-electron chi connectivity index (χ1n) is 7.47. The van der Waals surface area contributed by atoms with Gasteiger partial charge in [0.1, 0.15) is 0 Å². The molecule has 1 rings (SSSR count). The highest BCUT2D eigenvalue weighted by Crippen LogP contribution is 2.11. The first-order chi connectivity index (χ1) is 9.02. The lowest BCUT2D eigenvalue weighted by Gasteiger charge is -2.24. The van der Waals surface area contributed by atoms with E-state index in [1.807, 2.05) is 0 Å². The van der Waals surface area contributed by atoms with E-state index in [4.69, 9.17) is 0 Å². The van der Waals surface area contributed by atoms with Gasteiger partial charge >= 0.3 is 0 Å². The van der Waals surface area contributed by atoms with Crippen LogP contribution in [-0.4, -0.2) is 31.6 Å². The lowest BCUT2D eigenvalue weighted by molar-refractivity contribution is 0.305. The van der Waals surface area contributed by atoms with Crippen LogP contribution in [0.5, 0.6) is 0 Å². The topological polar surface area (TPSA) is 15.3 Å². The van der Waals surface area contributed by atoms with Gasteiger partial charge in [-0.2, -0.15) is 0 Å². The summed E-state index contributed by atoms with van der Waals surface area (Å²) < 4.78 is 0. The molecule has 108 valence electrons. The molecular weight excluding hydrogens is 232 g/mol.